The number of furan rings is 1. The lowest BCUT2D eigenvalue weighted by Gasteiger charge is -2.39. The van der Waals surface area contributed by atoms with Crippen molar-refractivity contribution >= 4 is 11.9 Å². The molecule has 1 unspecified atom stereocenters. The maximum absolute atomic E-state index is 12.5. The molecule has 1 aromatic rings. The van der Waals surface area contributed by atoms with Gasteiger partial charge in [-0.3, -0.25) is 4.79 Å². The summed E-state index contributed by atoms with van der Waals surface area (Å²) in [4.78, 5) is 25.3. The number of morpholine rings is 1. The highest BCUT2D eigenvalue weighted by Gasteiger charge is 2.34. The van der Waals surface area contributed by atoms with Gasteiger partial charge in [-0.1, -0.05) is 13.8 Å². The number of amides is 1. The molecule has 1 aromatic heterocycles. The average molecular weight is 295 g/mol. The van der Waals surface area contributed by atoms with Crippen LogP contribution in [-0.4, -0.2) is 47.2 Å². The third-order valence-corrected chi connectivity index (χ3v) is 3.94. The number of carbonyl (C=O) groups excluding carboxylic acids is 1. The maximum atomic E-state index is 12.5. The zero-order chi connectivity index (χ0) is 15.6. The van der Waals surface area contributed by atoms with Crippen LogP contribution in [0.3, 0.4) is 0 Å². The van der Waals surface area contributed by atoms with E-state index in [-0.39, 0.29) is 22.8 Å². The van der Waals surface area contributed by atoms with Crippen LogP contribution < -0.4 is 0 Å². The first kappa shape index (κ1) is 15.6. The van der Waals surface area contributed by atoms with Gasteiger partial charge in [-0.25, -0.2) is 4.79 Å². The van der Waals surface area contributed by atoms with E-state index < -0.39 is 5.97 Å². The molecule has 6 nitrogen and oxygen atoms in total. The van der Waals surface area contributed by atoms with E-state index >= 15 is 0 Å². The Morgan fingerprint density at radius 1 is 1.43 bits per heavy atom. The van der Waals surface area contributed by atoms with Crippen LogP contribution in [0.15, 0.2) is 10.5 Å². The molecule has 1 aliphatic rings. The van der Waals surface area contributed by atoms with E-state index in [1.807, 2.05) is 13.8 Å². The molecule has 6 heteroatoms. The van der Waals surface area contributed by atoms with Gasteiger partial charge in [-0.05, 0) is 13.3 Å². The molecule has 1 N–H and O–H groups in total. The van der Waals surface area contributed by atoms with E-state index in [2.05, 4.69) is 0 Å². The number of carboxylic acid groups (broad SMARTS) is 1. The number of carbonyl (C=O) groups is 2. The molecule has 0 radical (unpaired) electrons. The number of ether oxygens (including phenoxy) is 1. The Morgan fingerprint density at radius 3 is 2.67 bits per heavy atom. The first-order chi connectivity index (χ1) is 9.90. The third kappa shape index (κ3) is 3.10. The molecule has 0 spiro atoms. The molecule has 1 saturated heterocycles. The lowest BCUT2D eigenvalue weighted by atomic mass is 10.0. The van der Waals surface area contributed by atoms with Crippen LogP contribution in [-0.2, 0) is 11.2 Å². The van der Waals surface area contributed by atoms with Crippen molar-refractivity contribution in [1.29, 1.82) is 0 Å². The number of hydrogen-bond donors (Lipinski definition) is 1. The summed E-state index contributed by atoms with van der Waals surface area (Å²) in [5, 5.41) is 9.12. The summed E-state index contributed by atoms with van der Waals surface area (Å²) in [6.45, 7) is 7.21. The van der Waals surface area contributed by atoms with E-state index in [0.717, 1.165) is 6.42 Å². The fourth-order valence-corrected chi connectivity index (χ4v) is 2.45. The van der Waals surface area contributed by atoms with Crippen LogP contribution in [0.4, 0.5) is 0 Å². The Balaban J connectivity index is 2.22. The largest absolute Gasteiger partial charge is 0.478 e. The minimum atomic E-state index is -1.07. The van der Waals surface area contributed by atoms with Crippen LogP contribution in [0.5, 0.6) is 0 Å². The standard InChI is InChI=1S/C15H21NO5/c1-4-11-10(14(18)19)8-12(21-11)13(17)16-6-7-20-15(3,5-2)9-16/h8H,4-7,9H2,1-3H3,(H,18,19). The van der Waals surface area contributed by atoms with Crippen LogP contribution >= 0.6 is 0 Å². The molecule has 116 valence electrons. The fraction of sp³-hybridized carbons (Fsp3) is 0.600. The molecular weight excluding hydrogens is 274 g/mol. The minimum absolute atomic E-state index is 0.0624. The highest BCUT2D eigenvalue weighted by atomic mass is 16.5. The number of rotatable bonds is 4. The summed E-state index contributed by atoms with van der Waals surface area (Å²) < 4.78 is 11.1. The van der Waals surface area contributed by atoms with Gasteiger partial charge in [0.05, 0.1) is 12.2 Å². The molecule has 21 heavy (non-hydrogen) atoms. The van der Waals surface area contributed by atoms with Crippen molar-refractivity contribution in [3.8, 4) is 0 Å². The SMILES string of the molecule is CCc1oc(C(=O)N2CCOC(C)(CC)C2)cc1C(=O)O. The average Bonchev–Trinajstić information content (AvgIpc) is 2.91. The molecular formula is C15H21NO5. The van der Waals surface area contributed by atoms with Gasteiger partial charge in [0.1, 0.15) is 11.3 Å². The highest BCUT2D eigenvalue weighted by Crippen LogP contribution is 2.24. The van der Waals surface area contributed by atoms with E-state index in [0.29, 0.717) is 31.9 Å². The van der Waals surface area contributed by atoms with Gasteiger partial charge in [0.2, 0.25) is 0 Å². The summed E-state index contributed by atoms with van der Waals surface area (Å²) in [6.07, 6.45) is 1.24. The first-order valence-corrected chi connectivity index (χ1v) is 7.19. The molecule has 0 aromatic carbocycles. The molecule has 2 heterocycles. The Morgan fingerprint density at radius 2 is 2.14 bits per heavy atom. The highest BCUT2D eigenvalue weighted by molar-refractivity contribution is 5.96. The smallest absolute Gasteiger partial charge is 0.339 e. The van der Waals surface area contributed by atoms with Crippen molar-refractivity contribution in [3.05, 3.63) is 23.2 Å². The van der Waals surface area contributed by atoms with Crippen molar-refractivity contribution in [2.24, 2.45) is 0 Å². The van der Waals surface area contributed by atoms with Crippen molar-refractivity contribution in [3.63, 3.8) is 0 Å². The summed E-state index contributed by atoms with van der Waals surface area (Å²) in [5.41, 5.74) is -0.295. The van der Waals surface area contributed by atoms with Crippen molar-refractivity contribution in [1.82, 2.24) is 4.90 Å². The van der Waals surface area contributed by atoms with Gasteiger partial charge in [-0.2, -0.15) is 0 Å². The Kier molecular flexibility index (Phi) is 4.37. The fourth-order valence-electron chi connectivity index (χ4n) is 2.45. The lowest BCUT2D eigenvalue weighted by molar-refractivity contribution is -0.0901. The number of carboxylic acids is 1. The zero-order valence-corrected chi connectivity index (χ0v) is 12.6. The Hall–Kier alpha value is -1.82. The van der Waals surface area contributed by atoms with Crippen LogP contribution in [0, 0.1) is 0 Å². The van der Waals surface area contributed by atoms with E-state index in [1.165, 1.54) is 6.07 Å². The predicted octanol–water partition coefficient (Wildman–Crippen LogP) is 2.18. The number of hydrogen-bond acceptors (Lipinski definition) is 4. The maximum Gasteiger partial charge on any atom is 0.339 e. The molecule has 0 bridgehead atoms. The molecule has 1 atom stereocenters. The van der Waals surface area contributed by atoms with E-state index in [1.54, 1.807) is 11.8 Å². The van der Waals surface area contributed by atoms with Crippen LogP contribution in [0.25, 0.3) is 0 Å². The van der Waals surface area contributed by atoms with Crippen LogP contribution in [0.2, 0.25) is 0 Å². The molecule has 1 amide bonds. The van der Waals surface area contributed by atoms with Gasteiger partial charge >= 0.3 is 5.97 Å². The minimum Gasteiger partial charge on any atom is -0.478 e. The molecule has 2 rings (SSSR count). The van der Waals surface area contributed by atoms with Gasteiger partial charge in [0.15, 0.2) is 5.76 Å². The second kappa shape index (κ2) is 5.89. The second-order valence-electron chi connectivity index (χ2n) is 5.48. The Bertz CT molecular complexity index is 550. The third-order valence-electron chi connectivity index (χ3n) is 3.94. The normalized spacial score (nSPS) is 22.3. The Labute approximate surface area is 123 Å². The first-order valence-electron chi connectivity index (χ1n) is 7.19. The van der Waals surface area contributed by atoms with Gasteiger partial charge in [0.25, 0.3) is 5.91 Å². The summed E-state index contributed by atoms with van der Waals surface area (Å²) in [6, 6.07) is 1.32. The van der Waals surface area contributed by atoms with Crippen molar-refractivity contribution in [2.75, 3.05) is 19.7 Å². The predicted molar refractivity (Wildman–Crippen MR) is 75.6 cm³/mol. The number of aryl methyl sites for hydroxylation is 1. The molecule has 0 aliphatic carbocycles. The van der Waals surface area contributed by atoms with Gasteiger partial charge in [-0.15, -0.1) is 0 Å². The van der Waals surface area contributed by atoms with Crippen molar-refractivity contribution in [2.45, 2.75) is 39.2 Å². The summed E-state index contributed by atoms with van der Waals surface area (Å²) in [7, 11) is 0. The van der Waals surface area contributed by atoms with Gasteiger partial charge in [0, 0.05) is 25.6 Å². The molecule has 1 aliphatic heterocycles. The van der Waals surface area contributed by atoms with Gasteiger partial charge < -0.3 is 19.2 Å². The van der Waals surface area contributed by atoms with E-state index in [9.17, 15) is 9.59 Å². The second-order valence-corrected chi connectivity index (χ2v) is 5.48. The topological polar surface area (TPSA) is 80.0 Å². The number of aromatic carboxylic acids is 1. The van der Waals surface area contributed by atoms with Crippen LogP contribution in [0.1, 0.15) is 53.9 Å². The summed E-state index contributed by atoms with van der Waals surface area (Å²) in [5.74, 6) is -0.933. The zero-order valence-electron chi connectivity index (χ0n) is 12.6. The quantitative estimate of drug-likeness (QED) is 0.921. The van der Waals surface area contributed by atoms with Crippen molar-refractivity contribution < 1.29 is 23.8 Å². The monoisotopic (exact) mass is 295 g/mol. The molecule has 0 saturated carbocycles. The lowest BCUT2D eigenvalue weighted by Crippen LogP contribution is -2.51. The number of nitrogens with zero attached hydrogens (tertiary/aromatic N) is 1. The molecule has 1 fully saturated rings. The summed E-state index contributed by atoms with van der Waals surface area (Å²) >= 11 is 0. The van der Waals surface area contributed by atoms with E-state index in [4.69, 9.17) is 14.3 Å².